The van der Waals surface area contributed by atoms with Gasteiger partial charge in [-0.05, 0) is 38.2 Å². The van der Waals surface area contributed by atoms with Crippen LogP contribution >= 0.6 is 0 Å². The molecule has 2 heterocycles. The summed E-state index contributed by atoms with van der Waals surface area (Å²) in [6.07, 6.45) is 6.54. The van der Waals surface area contributed by atoms with Gasteiger partial charge in [0.15, 0.2) is 5.88 Å². The Hall–Kier alpha value is -2.37. The van der Waals surface area contributed by atoms with Crippen LogP contribution in [0.15, 0.2) is 33.8 Å². The Morgan fingerprint density at radius 2 is 1.79 bits per heavy atom. The summed E-state index contributed by atoms with van der Waals surface area (Å²) >= 11 is 0. The molecule has 0 radical (unpaired) electrons. The van der Waals surface area contributed by atoms with Gasteiger partial charge < -0.3 is 9.32 Å². The van der Waals surface area contributed by atoms with E-state index in [9.17, 15) is 9.59 Å². The fraction of sp³-hybridized carbons (Fsp3) is 0.500. The molecule has 24 heavy (non-hydrogen) atoms. The molecule has 6 nitrogen and oxygen atoms in total. The van der Waals surface area contributed by atoms with Gasteiger partial charge in [0.2, 0.25) is 0 Å². The predicted octanol–water partition coefficient (Wildman–Crippen LogP) is 2.27. The molecule has 4 atom stereocenters. The average Bonchev–Trinajstić information content (AvgIpc) is 3.33. The monoisotopic (exact) mass is 327 g/mol. The highest BCUT2D eigenvalue weighted by atomic mass is 16.4. The maximum absolute atomic E-state index is 12.5. The van der Waals surface area contributed by atoms with Crippen LogP contribution in [0.4, 0.5) is 5.88 Å². The first-order valence-electron chi connectivity index (χ1n) is 8.59. The highest BCUT2D eigenvalue weighted by Crippen LogP contribution is 2.52. The quantitative estimate of drug-likeness (QED) is 0.473. The molecular weight excluding hydrogens is 306 g/mol. The largest absolute Gasteiger partial charge is 0.440 e. The molecule has 4 rings (SSSR count). The Kier molecular flexibility index (Phi) is 3.55. The first-order valence-corrected chi connectivity index (χ1v) is 8.59. The summed E-state index contributed by atoms with van der Waals surface area (Å²) < 4.78 is 5.72. The maximum atomic E-state index is 12.5. The van der Waals surface area contributed by atoms with E-state index in [1.165, 1.54) is 6.21 Å². The molecule has 2 amide bonds. The number of hydrogen-bond donors (Lipinski definition) is 0. The topological polar surface area (TPSA) is 66.1 Å². The standard InChI is InChI=1S/C18H21N3O3/c1-3-20(4-2)14-8-7-13(24-14)10-19-21-17(22)15-11-5-6-12(9-11)16(15)18(21)23/h5-8,10-12,15-16H,3-4,9H2,1-2H3/b19-10-/t11-,12-,15+,16+/m0/s1. The van der Waals surface area contributed by atoms with E-state index in [4.69, 9.17) is 4.42 Å². The molecule has 2 fully saturated rings. The molecule has 1 aromatic heterocycles. The van der Waals surface area contributed by atoms with Crippen molar-refractivity contribution in [3.8, 4) is 0 Å². The second kappa shape index (κ2) is 5.61. The van der Waals surface area contributed by atoms with Crippen LogP contribution in [-0.4, -0.2) is 36.1 Å². The lowest BCUT2D eigenvalue weighted by Gasteiger charge is -2.16. The molecule has 0 aromatic carbocycles. The zero-order valence-corrected chi connectivity index (χ0v) is 13.9. The molecule has 6 heteroatoms. The van der Waals surface area contributed by atoms with Gasteiger partial charge in [-0.3, -0.25) is 9.59 Å². The van der Waals surface area contributed by atoms with Crippen LogP contribution in [0.5, 0.6) is 0 Å². The predicted molar refractivity (Wildman–Crippen MR) is 89.4 cm³/mol. The number of amides is 2. The Balaban J connectivity index is 1.51. The van der Waals surface area contributed by atoms with Gasteiger partial charge in [0.25, 0.3) is 11.8 Å². The SMILES string of the molecule is CCN(CC)c1ccc(/C=N\N2C(=O)[C@H]3[C@H](C2=O)[C@H]2C=C[C@H]3C2)o1. The van der Waals surface area contributed by atoms with Crippen LogP contribution < -0.4 is 4.90 Å². The van der Waals surface area contributed by atoms with Crippen LogP contribution in [-0.2, 0) is 9.59 Å². The van der Waals surface area contributed by atoms with Gasteiger partial charge in [-0.1, -0.05) is 12.2 Å². The lowest BCUT2D eigenvalue weighted by molar-refractivity contribution is -0.140. The Morgan fingerprint density at radius 3 is 2.38 bits per heavy atom. The highest BCUT2D eigenvalue weighted by molar-refractivity contribution is 6.06. The fourth-order valence-electron chi connectivity index (χ4n) is 4.23. The van der Waals surface area contributed by atoms with Gasteiger partial charge in [-0.2, -0.15) is 10.1 Å². The minimum absolute atomic E-state index is 0.173. The lowest BCUT2D eigenvalue weighted by atomic mass is 9.85. The number of nitrogens with zero attached hydrogens (tertiary/aromatic N) is 3. The number of imide groups is 1. The number of allylic oxidation sites excluding steroid dienone is 2. The second-order valence-corrected chi connectivity index (χ2v) is 6.58. The molecule has 0 spiro atoms. The Labute approximate surface area is 140 Å². The third kappa shape index (κ3) is 2.12. The van der Waals surface area contributed by atoms with E-state index in [0.29, 0.717) is 5.76 Å². The zero-order chi connectivity index (χ0) is 16.8. The van der Waals surface area contributed by atoms with Gasteiger partial charge in [-0.25, -0.2) is 0 Å². The molecule has 126 valence electrons. The van der Waals surface area contributed by atoms with Crippen molar-refractivity contribution >= 4 is 23.9 Å². The number of anilines is 1. The average molecular weight is 327 g/mol. The molecule has 2 bridgehead atoms. The third-order valence-corrected chi connectivity index (χ3v) is 5.44. The number of carbonyl (C=O) groups excluding carboxylic acids is 2. The minimum atomic E-state index is -0.215. The van der Waals surface area contributed by atoms with E-state index in [1.54, 1.807) is 6.07 Å². The third-order valence-electron chi connectivity index (χ3n) is 5.44. The van der Waals surface area contributed by atoms with E-state index in [2.05, 4.69) is 36.0 Å². The summed E-state index contributed by atoms with van der Waals surface area (Å²) in [5, 5.41) is 5.17. The maximum Gasteiger partial charge on any atom is 0.254 e. The Bertz CT molecular complexity index is 702. The molecule has 1 saturated carbocycles. The van der Waals surface area contributed by atoms with E-state index in [1.807, 2.05) is 6.07 Å². The van der Waals surface area contributed by atoms with E-state index < -0.39 is 0 Å². The van der Waals surface area contributed by atoms with Gasteiger partial charge >= 0.3 is 0 Å². The van der Waals surface area contributed by atoms with E-state index in [-0.39, 0.29) is 35.5 Å². The van der Waals surface area contributed by atoms with Crippen LogP contribution in [0.2, 0.25) is 0 Å². The first kappa shape index (κ1) is 15.2. The summed E-state index contributed by atoms with van der Waals surface area (Å²) in [5.41, 5.74) is 0. The van der Waals surface area contributed by atoms with Crippen molar-refractivity contribution in [2.45, 2.75) is 20.3 Å². The number of furan rings is 1. The summed E-state index contributed by atoms with van der Waals surface area (Å²) in [6, 6.07) is 3.68. The molecule has 1 aliphatic heterocycles. The van der Waals surface area contributed by atoms with Crippen molar-refractivity contribution in [2.75, 3.05) is 18.0 Å². The number of fused-ring (bicyclic) bond motifs is 5. The molecule has 1 saturated heterocycles. The normalized spacial score (nSPS) is 30.8. The summed E-state index contributed by atoms with van der Waals surface area (Å²) in [7, 11) is 0. The second-order valence-electron chi connectivity index (χ2n) is 6.58. The molecule has 1 aromatic rings. The van der Waals surface area contributed by atoms with Crippen molar-refractivity contribution in [1.82, 2.24) is 5.01 Å². The summed E-state index contributed by atoms with van der Waals surface area (Å²) in [4.78, 5) is 27.1. The fourth-order valence-corrected chi connectivity index (χ4v) is 4.23. The molecule has 2 aliphatic carbocycles. The minimum Gasteiger partial charge on any atom is -0.440 e. The van der Waals surface area contributed by atoms with Crippen molar-refractivity contribution in [3.63, 3.8) is 0 Å². The smallest absolute Gasteiger partial charge is 0.254 e. The van der Waals surface area contributed by atoms with Crippen LogP contribution in [0.25, 0.3) is 0 Å². The number of carbonyl (C=O) groups is 2. The summed E-state index contributed by atoms with van der Waals surface area (Å²) in [5.74, 6) is 0.932. The van der Waals surface area contributed by atoms with Crippen LogP contribution in [0.1, 0.15) is 26.0 Å². The highest BCUT2D eigenvalue weighted by Gasteiger charge is 2.59. The van der Waals surface area contributed by atoms with Crippen molar-refractivity contribution in [1.29, 1.82) is 0 Å². The molecule has 0 N–H and O–H groups in total. The van der Waals surface area contributed by atoms with Gasteiger partial charge in [0.1, 0.15) is 5.76 Å². The van der Waals surface area contributed by atoms with E-state index >= 15 is 0 Å². The van der Waals surface area contributed by atoms with Gasteiger partial charge in [0.05, 0.1) is 18.1 Å². The molecule has 3 aliphatic rings. The lowest BCUT2D eigenvalue weighted by Crippen LogP contribution is -2.28. The van der Waals surface area contributed by atoms with Crippen molar-refractivity contribution in [3.05, 3.63) is 30.0 Å². The molecule has 0 unspecified atom stereocenters. The van der Waals surface area contributed by atoms with Crippen LogP contribution in [0.3, 0.4) is 0 Å². The molecular formula is C18H21N3O3. The summed E-state index contributed by atoms with van der Waals surface area (Å²) in [6.45, 7) is 5.82. The van der Waals surface area contributed by atoms with Gasteiger partial charge in [-0.15, -0.1) is 0 Å². The van der Waals surface area contributed by atoms with E-state index in [0.717, 1.165) is 30.4 Å². The van der Waals surface area contributed by atoms with Crippen molar-refractivity contribution in [2.24, 2.45) is 28.8 Å². The number of hydrazone groups is 1. The number of rotatable bonds is 5. The first-order chi connectivity index (χ1) is 11.6. The van der Waals surface area contributed by atoms with Crippen LogP contribution in [0, 0.1) is 23.7 Å². The Morgan fingerprint density at radius 1 is 1.17 bits per heavy atom. The van der Waals surface area contributed by atoms with Gasteiger partial charge in [0, 0.05) is 19.2 Å². The number of hydrogen-bond acceptors (Lipinski definition) is 5. The van der Waals surface area contributed by atoms with Crippen molar-refractivity contribution < 1.29 is 14.0 Å². The zero-order valence-electron chi connectivity index (χ0n) is 13.9.